The van der Waals surface area contributed by atoms with Crippen LogP contribution in [0.2, 0.25) is 0 Å². The van der Waals surface area contributed by atoms with E-state index >= 15 is 0 Å². The zero-order valence-corrected chi connectivity index (χ0v) is 8.87. The first-order valence-electron chi connectivity index (χ1n) is 5.39. The Hall–Kier alpha value is -0.160. The molecule has 1 aliphatic heterocycles. The van der Waals surface area contributed by atoms with E-state index in [4.69, 9.17) is 14.6 Å². The second-order valence-electron chi connectivity index (χ2n) is 3.62. The minimum absolute atomic E-state index is 0.0614. The lowest BCUT2D eigenvalue weighted by molar-refractivity contribution is -0.189. The van der Waals surface area contributed by atoms with Crippen LogP contribution in [0.15, 0.2) is 0 Å². The Kier molecular flexibility index (Phi) is 6.10. The Balaban J connectivity index is 2.21. The lowest BCUT2D eigenvalue weighted by atomic mass is 10.2. The molecule has 14 heavy (non-hydrogen) atoms. The standard InChI is InChI=1S/C10H21NO3/c1-11-8-9(5-6-12)14-10-4-2-3-7-13-10/h9-12H,2-8H2,1H3. The number of aliphatic hydroxyl groups is 1. The Labute approximate surface area is 85.6 Å². The van der Waals surface area contributed by atoms with E-state index < -0.39 is 0 Å². The summed E-state index contributed by atoms with van der Waals surface area (Å²) in [4.78, 5) is 0. The van der Waals surface area contributed by atoms with Gasteiger partial charge in [-0.1, -0.05) is 0 Å². The van der Waals surface area contributed by atoms with E-state index in [1.807, 2.05) is 7.05 Å². The Morgan fingerprint density at radius 3 is 3.00 bits per heavy atom. The van der Waals surface area contributed by atoms with Crippen LogP contribution in [0.4, 0.5) is 0 Å². The first-order chi connectivity index (χ1) is 6.86. The van der Waals surface area contributed by atoms with Gasteiger partial charge in [0, 0.05) is 19.8 Å². The largest absolute Gasteiger partial charge is 0.396 e. The van der Waals surface area contributed by atoms with Crippen molar-refractivity contribution in [2.75, 3.05) is 26.8 Å². The molecule has 1 saturated heterocycles. The summed E-state index contributed by atoms with van der Waals surface area (Å²) in [5.74, 6) is 0. The molecule has 4 heteroatoms. The Morgan fingerprint density at radius 2 is 2.43 bits per heavy atom. The fraction of sp³-hybridized carbons (Fsp3) is 1.00. The molecule has 0 radical (unpaired) electrons. The van der Waals surface area contributed by atoms with Crippen LogP contribution in [0, 0.1) is 0 Å². The van der Waals surface area contributed by atoms with Gasteiger partial charge in [-0.05, 0) is 32.7 Å². The summed E-state index contributed by atoms with van der Waals surface area (Å²) in [5, 5.41) is 11.9. The van der Waals surface area contributed by atoms with E-state index in [0.717, 1.165) is 26.0 Å². The number of hydrogen-bond acceptors (Lipinski definition) is 4. The number of rotatable bonds is 6. The molecule has 1 heterocycles. The average Bonchev–Trinajstić information content (AvgIpc) is 2.20. The van der Waals surface area contributed by atoms with E-state index in [-0.39, 0.29) is 19.0 Å². The molecule has 0 amide bonds. The molecule has 2 N–H and O–H groups in total. The van der Waals surface area contributed by atoms with Crippen LogP contribution in [0.5, 0.6) is 0 Å². The molecular weight excluding hydrogens is 182 g/mol. The van der Waals surface area contributed by atoms with Crippen molar-refractivity contribution in [1.82, 2.24) is 5.32 Å². The topological polar surface area (TPSA) is 50.7 Å². The molecule has 0 aromatic carbocycles. The van der Waals surface area contributed by atoms with Gasteiger partial charge in [0.25, 0.3) is 0 Å². The lowest BCUT2D eigenvalue weighted by Crippen LogP contribution is -2.34. The van der Waals surface area contributed by atoms with Crippen molar-refractivity contribution in [2.24, 2.45) is 0 Å². The van der Waals surface area contributed by atoms with Gasteiger partial charge < -0.3 is 19.9 Å². The molecule has 1 aliphatic rings. The van der Waals surface area contributed by atoms with Gasteiger partial charge in [0.15, 0.2) is 6.29 Å². The normalized spacial score (nSPS) is 24.9. The molecule has 0 aromatic rings. The van der Waals surface area contributed by atoms with Crippen LogP contribution in [0.3, 0.4) is 0 Å². The van der Waals surface area contributed by atoms with Crippen LogP contribution in [0.25, 0.3) is 0 Å². The van der Waals surface area contributed by atoms with Gasteiger partial charge in [0.2, 0.25) is 0 Å². The molecular formula is C10H21NO3. The van der Waals surface area contributed by atoms with Crippen LogP contribution in [-0.4, -0.2) is 44.3 Å². The number of hydrogen-bond donors (Lipinski definition) is 2. The molecule has 0 aromatic heterocycles. The highest BCUT2D eigenvalue weighted by atomic mass is 16.7. The van der Waals surface area contributed by atoms with Crippen molar-refractivity contribution in [3.05, 3.63) is 0 Å². The van der Waals surface area contributed by atoms with E-state index in [9.17, 15) is 0 Å². The highest BCUT2D eigenvalue weighted by Gasteiger charge is 2.18. The number of aliphatic hydroxyl groups excluding tert-OH is 1. The van der Waals surface area contributed by atoms with Gasteiger partial charge in [-0.2, -0.15) is 0 Å². The summed E-state index contributed by atoms with van der Waals surface area (Å²) < 4.78 is 11.2. The molecule has 0 bridgehead atoms. The maximum absolute atomic E-state index is 8.84. The van der Waals surface area contributed by atoms with Crippen molar-refractivity contribution < 1.29 is 14.6 Å². The third-order valence-corrected chi connectivity index (χ3v) is 2.37. The van der Waals surface area contributed by atoms with E-state index in [0.29, 0.717) is 6.42 Å². The first kappa shape index (κ1) is 11.9. The quantitative estimate of drug-likeness (QED) is 0.660. The van der Waals surface area contributed by atoms with Crippen LogP contribution < -0.4 is 5.32 Å². The van der Waals surface area contributed by atoms with Gasteiger partial charge in [-0.3, -0.25) is 0 Å². The van der Waals surface area contributed by atoms with Crippen LogP contribution in [0.1, 0.15) is 25.7 Å². The fourth-order valence-corrected chi connectivity index (χ4v) is 1.62. The Bertz CT molecular complexity index is 131. The first-order valence-corrected chi connectivity index (χ1v) is 5.39. The van der Waals surface area contributed by atoms with E-state index in [2.05, 4.69) is 5.32 Å². The predicted octanol–water partition coefficient (Wildman–Crippen LogP) is 0.500. The fourth-order valence-electron chi connectivity index (χ4n) is 1.62. The summed E-state index contributed by atoms with van der Waals surface area (Å²) in [5.41, 5.74) is 0. The predicted molar refractivity (Wildman–Crippen MR) is 54.1 cm³/mol. The van der Waals surface area contributed by atoms with Gasteiger partial charge in [-0.25, -0.2) is 0 Å². The maximum atomic E-state index is 8.84. The molecule has 2 atom stereocenters. The van der Waals surface area contributed by atoms with Crippen molar-refractivity contribution in [3.63, 3.8) is 0 Å². The van der Waals surface area contributed by atoms with E-state index in [1.165, 1.54) is 6.42 Å². The smallest absolute Gasteiger partial charge is 0.158 e. The molecule has 1 fully saturated rings. The number of nitrogens with one attached hydrogen (secondary N) is 1. The highest BCUT2D eigenvalue weighted by molar-refractivity contribution is 4.63. The minimum Gasteiger partial charge on any atom is -0.396 e. The summed E-state index contributed by atoms with van der Waals surface area (Å²) in [6.45, 7) is 1.73. The van der Waals surface area contributed by atoms with Crippen molar-refractivity contribution >= 4 is 0 Å². The molecule has 0 spiro atoms. The zero-order chi connectivity index (χ0) is 10.2. The highest BCUT2D eigenvalue weighted by Crippen LogP contribution is 2.16. The van der Waals surface area contributed by atoms with Gasteiger partial charge in [0.05, 0.1) is 6.10 Å². The van der Waals surface area contributed by atoms with Gasteiger partial charge >= 0.3 is 0 Å². The molecule has 1 rings (SSSR count). The molecule has 0 aliphatic carbocycles. The summed E-state index contributed by atoms with van der Waals surface area (Å²) in [6, 6.07) is 0. The second kappa shape index (κ2) is 7.17. The summed E-state index contributed by atoms with van der Waals surface area (Å²) >= 11 is 0. The monoisotopic (exact) mass is 203 g/mol. The SMILES string of the molecule is CNCC(CCO)OC1CCCCO1. The number of likely N-dealkylation sites (N-methyl/N-ethyl adjacent to an activating group) is 1. The lowest BCUT2D eigenvalue weighted by Gasteiger charge is -2.27. The third-order valence-electron chi connectivity index (χ3n) is 2.37. The van der Waals surface area contributed by atoms with Crippen LogP contribution in [-0.2, 0) is 9.47 Å². The summed E-state index contributed by atoms with van der Waals surface area (Å²) in [6.07, 6.45) is 3.96. The summed E-state index contributed by atoms with van der Waals surface area (Å²) in [7, 11) is 1.88. The zero-order valence-electron chi connectivity index (χ0n) is 8.87. The van der Waals surface area contributed by atoms with Crippen molar-refractivity contribution in [2.45, 2.75) is 38.1 Å². The van der Waals surface area contributed by atoms with Crippen molar-refractivity contribution in [1.29, 1.82) is 0 Å². The molecule has 4 nitrogen and oxygen atoms in total. The Morgan fingerprint density at radius 1 is 1.57 bits per heavy atom. The van der Waals surface area contributed by atoms with Gasteiger partial charge in [0.1, 0.15) is 0 Å². The molecule has 84 valence electrons. The molecule has 2 unspecified atom stereocenters. The maximum Gasteiger partial charge on any atom is 0.158 e. The minimum atomic E-state index is -0.0614. The van der Waals surface area contributed by atoms with Crippen LogP contribution >= 0.6 is 0 Å². The van der Waals surface area contributed by atoms with Gasteiger partial charge in [-0.15, -0.1) is 0 Å². The van der Waals surface area contributed by atoms with Crippen molar-refractivity contribution in [3.8, 4) is 0 Å². The third kappa shape index (κ3) is 4.37. The second-order valence-corrected chi connectivity index (χ2v) is 3.62. The molecule has 0 saturated carbocycles. The van der Waals surface area contributed by atoms with E-state index in [1.54, 1.807) is 0 Å². The average molecular weight is 203 g/mol. The number of ether oxygens (including phenoxy) is 2.